The first-order valence-corrected chi connectivity index (χ1v) is 9.34. The van der Waals surface area contributed by atoms with Crippen LogP contribution in [0.1, 0.15) is 71.0 Å². The van der Waals surface area contributed by atoms with Crippen LogP contribution in [0.25, 0.3) is 0 Å². The van der Waals surface area contributed by atoms with Gasteiger partial charge in [0.05, 0.1) is 12.7 Å². The maximum atomic E-state index is 10.5. The lowest BCUT2D eigenvalue weighted by Gasteiger charge is -2.25. The van der Waals surface area contributed by atoms with E-state index < -0.39 is 6.10 Å². The van der Waals surface area contributed by atoms with Crippen LogP contribution in [0.2, 0.25) is 0 Å². The zero-order chi connectivity index (χ0) is 16.9. The summed E-state index contributed by atoms with van der Waals surface area (Å²) >= 11 is 0. The lowest BCUT2D eigenvalue weighted by Crippen LogP contribution is -2.30. The van der Waals surface area contributed by atoms with Gasteiger partial charge in [0, 0.05) is 6.54 Å². The number of unbranched alkanes of at least 4 members (excludes halogenated alkanes) is 3. The van der Waals surface area contributed by atoms with Crippen molar-refractivity contribution in [3.63, 3.8) is 0 Å². The Morgan fingerprint density at radius 3 is 2.00 bits per heavy atom. The molecule has 0 saturated heterocycles. The minimum absolute atomic E-state index is 0.423. The van der Waals surface area contributed by atoms with Gasteiger partial charge in [-0.25, -0.2) is 0 Å². The second kappa shape index (κ2) is 12.4. The molecule has 0 aliphatic rings. The summed E-state index contributed by atoms with van der Waals surface area (Å²) in [6.45, 7) is 10.2. The quantitative estimate of drug-likeness (QED) is 0.530. The van der Waals surface area contributed by atoms with E-state index in [2.05, 4.69) is 25.7 Å². The van der Waals surface area contributed by atoms with E-state index in [9.17, 15) is 5.11 Å². The van der Waals surface area contributed by atoms with Crippen LogP contribution in [0.3, 0.4) is 0 Å². The second-order valence-corrected chi connectivity index (χ2v) is 6.29. The molecule has 0 radical (unpaired) electrons. The van der Waals surface area contributed by atoms with Gasteiger partial charge in [-0.05, 0) is 50.0 Å². The van der Waals surface area contributed by atoms with Crippen LogP contribution >= 0.6 is 0 Å². The second-order valence-electron chi connectivity index (χ2n) is 6.29. The summed E-state index contributed by atoms with van der Waals surface area (Å²) in [7, 11) is 0. The van der Waals surface area contributed by atoms with E-state index in [0.717, 1.165) is 50.4 Å². The summed E-state index contributed by atoms with van der Waals surface area (Å²) in [4.78, 5) is 2.39. The summed E-state index contributed by atoms with van der Waals surface area (Å²) in [6, 6.07) is 7.92. The fraction of sp³-hybridized carbons (Fsp3) is 0.700. The average molecular weight is 322 g/mol. The molecule has 0 aliphatic carbocycles. The SMILES string of the molecule is CCCCOc1ccc(C(O)CN(CCCC)CCCC)cc1. The highest BCUT2D eigenvalue weighted by Gasteiger charge is 2.13. The number of hydrogen-bond acceptors (Lipinski definition) is 3. The maximum Gasteiger partial charge on any atom is 0.119 e. The molecule has 132 valence electrons. The Labute approximate surface area is 142 Å². The molecule has 1 aromatic rings. The number of benzene rings is 1. The third-order valence-electron chi connectivity index (χ3n) is 4.12. The summed E-state index contributed by atoms with van der Waals surface area (Å²) in [5.74, 6) is 0.892. The van der Waals surface area contributed by atoms with E-state index in [-0.39, 0.29) is 0 Å². The molecular weight excluding hydrogens is 286 g/mol. The number of aliphatic hydroxyl groups is 1. The van der Waals surface area contributed by atoms with E-state index in [1.54, 1.807) is 0 Å². The number of nitrogens with zero attached hydrogens (tertiary/aromatic N) is 1. The Bertz CT molecular complexity index is 383. The Hall–Kier alpha value is -1.06. The standard InChI is InChI=1S/C20H35NO2/c1-4-7-14-21(15-8-5-2)17-20(22)18-10-12-19(13-11-18)23-16-9-6-3/h10-13,20,22H,4-9,14-17H2,1-3H3. The molecular formula is C20H35NO2. The fourth-order valence-electron chi connectivity index (χ4n) is 2.53. The zero-order valence-corrected chi connectivity index (χ0v) is 15.3. The number of hydrogen-bond donors (Lipinski definition) is 1. The monoisotopic (exact) mass is 321 g/mol. The normalized spacial score (nSPS) is 12.6. The Morgan fingerprint density at radius 1 is 0.913 bits per heavy atom. The van der Waals surface area contributed by atoms with Gasteiger partial charge in [0.2, 0.25) is 0 Å². The Balaban J connectivity index is 2.51. The van der Waals surface area contributed by atoms with Crippen LogP contribution in [0.15, 0.2) is 24.3 Å². The third kappa shape index (κ3) is 8.38. The molecule has 3 nitrogen and oxygen atoms in total. The largest absolute Gasteiger partial charge is 0.494 e. The summed E-state index contributed by atoms with van der Waals surface area (Å²) in [5, 5.41) is 10.5. The van der Waals surface area contributed by atoms with Crippen LogP contribution in [0.4, 0.5) is 0 Å². The predicted octanol–water partition coefficient (Wildman–Crippen LogP) is 4.80. The Morgan fingerprint density at radius 2 is 1.48 bits per heavy atom. The molecule has 1 rings (SSSR count). The highest BCUT2D eigenvalue weighted by Crippen LogP contribution is 2.19. The molecule has 1 N–H and O–H groups in total. The van der Waals surface area contributed by atoms with Crippen LogP contribution in [0.5, 0.6) is 5.75 Å². The lowest BCUT2D eigenvalue weighted by atomic mass is 10.1. The first-order chi connectivity index (χ1) is 11.2. The van der Waals surface area contributed by atoms with E-state index >= 15 is 0 Å². The Kier molecular flexibility index (Phi) is 10.8. The minimum Gasteiger partial charge on any atom is -0.494 e. The molecule has 0 amide bonds. The summed E-state index contributed by atoms with van der Waals surface area (Å²) < 4.78 is 5.68. The van der Waals surface area contributed by atoms with Gasteiger partial charge in [-0.2, -0.15) is 0 Å². The van der Waals surface area contributed by atoms with Crippen LogP contribution in [-0.4, -0.2) is 36.2 Å². The minimum atomic E-state index is -0.423. The first-order valence-electron chi connectivity index (χ1n) is 9.34. The van der Waals surface area contributed by atoms with Crippen molar-refractivity contribution in [2.45, 2.75) is 65.4 Å². The first kappa shape index (κ1) is 20.0. The number of aliphatic hydroxyl groups excluding tert-OH is 1. The van der Waals surface area contributed by atoms with Crippen LogP contribution in [-0.2, 0) is 0 Å². The van der Waals surface area contributed by atoms with Crippen molar-refractivity contribution in [3.05, 3.63) is 29.8 Å². The highest BCUT2D eigenvalue weighted by molar-refractivity contribution is 5.28. The molecule has 1 unspecified atom stereocenters. The van der Waals surface area contributed by atoms with Crippen LogP contribution in [0, 0.1) is 0 Å². The predicted molar refractivity (Wildman–Crippen MR) is 98.1 cm³/mol. The van der Waals surface area contributed by atoms with Crippen molar-refractivity contribution in [1.82, 2.24) is 4.90 Å². The molecule has 0 spiro atoms. The van der Waals surface area contributed by atoms with Crippen molar-refractivity contribution in [3.8, 4) is 5.75 Å². The van der Waals surface area contributed by atoms with Crippen molar-refractivity contribution in [1.29, 1.82) is 0 Å². The van der Waals surface area contributed by atoms with Gasteiger partial charge in [0.15, 0.2) is 0 Å². The molecule has 0 saturated carbocycles. The van der Waals surface area contributed by atoms with Crippen molar-refractivity contribution in [2.75, 3.05) is 26.2 Å². The molecule has 3 heteroatoms. The van der Waals surface area contributed by atoms with Gasteiger partial charge in [0.25, 0.3) is 0 Å². The van der Waals surface area contributed by atoms with E-state index in [4.69, 9.17) is 4.74 Å². The van der Waals surface area contributed by atoms with Gasteiger partial charge < -0.3 is 14.7 Å². The smallest absolute Gasteiger partial charge is 0.119 e. The maximum absolute atomic E-state index is 10.5. The molecule has 0 aromatic heterocycles. The van der Waals surface area contributed by atoms with Gasteiger partial charge in [-0.15, -0.1) is 0 Å². The number of ether oxygens (including phenoxy) is 1. The van der Waals surface area contributed by atoms with Gasteiger partial charge >= 0.3 is 0 Å². The summed E-state index contributed by atoms with van der Waals surface area (Å²) in [6.07, 6.45) is 6.58. The zero-order valence-electron chi connectivity index (χ0n) is 15.3. The molecule has 0 bridgehead atoms. The van der Waals surface area contributed by atoms with Gasteiger partial charge in [-0.1, -0.05) is 52.2 Å². The third-order valence-corrected chi connectivity index (χ3v) is 4.12. The van der Waals surface area contributed by atoms with E-state index in [0.29, 0.717) is 0 Å². The molecule has 1 aromatic carbocycles. The summed E-state index contributed by atoms with van der Waals surface area (Å²) in [5.41, 5.74) is 0.978. The van der Waals surface area contributed by atoms with Gasteiger partial charge in [-0.3, -0.25) is 0 Å². The number of rotatable bonds is 13. The van der Waals surface area contributed by atoms with Crippen molar-refractivity contribution in [2.24, 2.45) is 0 Å². The average Bonchev–Trinajstić information content (AvgIpc) is 2.58. The van der Waals surface area contributed by atoms with Gasteiger partial charge in [0.1, 0.15) is 5.75 Å². The molecule has 1 atom stereocenters. The van der Waals surface area contributed by atoms with Crippen LogP contribution < -0.4 is 4.74 Å². The topological polar surface area (TPSA) is 32.7 Å². The van der Waals surface area contributed by atoms with E-state index in [1.807, 2.05) is 24.3 Å². The molecule has 0 heterocycles. The van der Waals surface area contributed by atoms with E-state index in [1.165, 1.54) is 25.7 Å². The highest BCUT2D eigenvalue weighted by atomic mass is 16.5. The van der Waals surface area contributed by atoms with Crippen molar-refractivity contribution >= 4 is 0 Å². The molecule has 0 fully saturated rings. The fourth-order valence-corrected chi connectivity index (χ4v) is 2.53. The molecule has 0 aliphatic heterocycles. The van der Waals surface area contributed by atoms with Crippen molar-refractivity contribution < 1.29 is 9.84 Å². The molecule has 23 heavy (non-hydrogen) atoms. The lowest BCUT2D eigenvalue weighted by molar-refractivity contribution is 0.111.